The zero-order valence-electron chi connectivity index (χ0n) is 15.1. The molecule has 3 aromatic rings. The molecule has 0 saturated heterocycles. The first-order valence-electron chi connectivity index (χ1n) is 8.64. The number of para-hydroxylation sites is 1. The second kappa shape index (κ2) is 8.43. The summed E-state index contributed by atoms with van der Waals surface area (Å²) in [7, 11) is 0. The van der Waals surface area contributed by atoms with Gasteiger partial charge in [0.25, 0.3) is 0 Å². The summed E-state index contributed by atoms with van der Waals surface area (Å²) in [6.07, 6.45) is 2.67. The van der Waals surface area contributed by atoms with Crippen LogP contribution in [0, 0.1) is 17.2 Å². The molecule has 136 valence electrons. The van der Waals surface area contributed by atoms with Crippen molar-refractivity contribution in [3.63, 3.8) is 0 Å². The molecule has 27 heavy (non-hydrogen) atoms. The van der Waals surface area contributed by atoms with Crippen LogP contribution in [0.3, 0.4) is 0 Å². The van der Waals surface area contributed by atoms with Crippen molar-refractivity contribution >= 4 is 27.7 Å². The smallest absolute Gasteiger partial charge is 0.127 e. The largest absolute Gasteiger partial charge is 0.457 e. The van der Waals surface area contributed by atoms with Crippen LogP contribution in [0.4, 0.5) is 16.4 Å². The molecule has 0 radical (unpaired) electrons. The molecule has 0 aliphatic heterocycles. The lowest BCUT2D eigenvalue weighted by atomic mass is 10.1. The van der Waals surface area contributed by atoms with E-state index in [0.29, 0.717) is 17.2 Å². The van der Waals surface area contributed by atoms with Crippen molar-refractivity contribution in [2.24, 2.45) is 5.92 Å². The molecule has 0 aliphatic rings. The van der Waals surface area contributed by atoms with Gasteiger partial charge in [0.15, 0.2) is 0 Å². The molecule has 3 N–H and O–H groups in total. The third kappa shape index (κ3) is 4.49. The highest BCUT2D eigenvalue weighted by Crippen LogP contribution is 2.38. The summed E-state index contributed by atoms with van der Waals surface area (Å²) in [5.41, 5.74) is 8.10. The van der Waals surface area contributed by atoms with Gasteiger partial charge in [-0.25, -0.2) is 0 Å². The molecule has 1 unspecified atom stereocenters. The predicted molar refractivity (Wildman–Crippen MR) is 113 cm³/mol. The molecule has 2 aromatic carbocycles. The molecule has 1 atom stereocenters. The first kappa shape index (κ1) is 18.6. The molecule has 0 amide bonds. The zero-order valence-corrected chi connectivity index (χ0v) is 15.9. The van der Waals surface area contributed by atoms with Crippen LogP contribution in [0.25, 0.3) is 0 Å². The molecule has 0 saturated carbocycles. The molecule has 1 aromatic heterocycles. The van der Waals surface area contributed by atoms with Crippen molar-refractivity contribution in [3.8, 4) is 17.6 Å². The molecule has 0 bridgehead atoms. The van der Waals surface area contributed by atoms with Crippen molar-refractivity contribution < 1.29 is 4.74 Å². The van der Waals surface area contributed by atoms with Crippen molar-refractivity contribution in [3.05, 3.63) is 77.7 Å². The Hall–Kier alpha value is -3.23. The number of benzene rings is 2. The van der Waals surface area contributed by atoms with Crippen LogP contribution in [-0.4, -0.2) is 0 Å². The highest BCUT2D eigenvalue weighted by Gasteiger charge is 2.17. The Balaban J connectivity index is 1.76. The van der Waals surface area contributed by atoms with E-state index >= 15 is 0 Å². The van der Waals surface area contributed by atoms with Crippen molar-refractivity contribution in [1.82, 2.24) is 0 Å². The number of nitrogen functional groups attached to an aromatic ring is 1. The van der Waals surface area contributed by atoms with E-state index in [9.17, 15) is 5.26 Å². The van der Waals surface area contributed by atoms with Gasteiger partial charge in [0.1, 0.15) is 28.1 Å². The van der Waals surface area contributed by atoms with Gasteiger partial charge in [-0.1, -0.05) is 31.2 Å². The number of ether oxygens (including phenoxy) is 1. The fourth-order valence-electron chi connectivity index (χ4n) is 2.58. The van der Waals surface area contributed by atoms with Gasteiger partial charge in [0.2, 0.25) is 0 Å². The Kier molecular flexibility index (Phi) is 5.80. The van der Waals surface area contributed by atoms with E-state index in [-0.39, 0.29) is 0 Å². The van der Waals surface area contributed by atoms with Crippen LogP contribution in [0.1, 0.15) is 17.4 Å². The van der Waals surface area contributed by atoms with Gasteiger partial charge < -0.3 is 15.8 Å². The molecular formula is C22H21N3OS. The lowest BCUT2D eigenvalue weighted by Gasteiger charge is -2.08. The van der Waals surface area contributed by atoms with Crippen LogP contribution in [-0.2, 0) is 6.42 Å². The van der Waals surface area contributed by atoms with E-state index in [1.54, 1.807) is 0 Å². The van der Waals surface area contributed by atoms with E-state index in [1.807, 2.05) is 60.7 Å². The Labute approximate surface area is 163 Å². The number of hydrogen-bond acceptors (Lipinski definition) is 5. The minimum atomic E-state index is 0.305. The number of allylic oxidation sites excluding steroid dienone is 1. The zero-order chi connectivity index (χ0) is 19.2. The van der Waals surface area contributed by atoms with Gasteiger partial charge in [0, 0.05) is 10.6 Å². The van der Waals surface area contributed by atoms with Crippen LogP contribution >= 0.6 is 11.3 Å². The third-order valence-corrected chi connectivity index (χ3v) is 5.28. The van der Waals surface area contributed by atoms with E-state index < -0.39 is 0 Å². The number of hydrogen-bond donors (Lipinski definition) is 2. The quantitative estimate of drug-likeness (QED) is 0.489. The molecular weight excluding hydrogens is 354 g/mol. The Bertz CT molecular complexity index is 956. The fourth-order valence-corrected chi connectivity index (χ4v) is 3.81. The first-order valence-corrected chi connectivity index (χ1v) is 9.46. The third-order valence-electron chi connectivity index (χ3n) is 4.13. The number of nitriles is 1. The molecule has 1 heterocycles. The summed E-state index contributed by atoms with van der Waals surface area (Å²) in [5, 5.41) is 13.6. The van der Waals surface area contributed by atoms with Crippen molar-refractivity contribution in [1.29, 1.82) is 5.26 Å². The number of nitrogens with zero attached hydrogens (tertiary/aromatic N) is 1. The second-order valence-corrected chi connectivity index (χ2v) is 7.34. The van der Waals surface area contributed by atoms with Crippen molar-refractivity contribution in [2.45, 2.75) is 13.3 Å². The Morgan fingerprint density at radius 1 is 1.19 bits per heavy atom. The fraction of sp³-hybridized carbons (Fsp3) is 0.136. The molecule has 5 heteroatoms. The molecule has 3 rings (SSSR count). The van der Waals surface area contributed by atoms with E-state index in [1.165, 1.54) is 11.3 Å². The number of thiophene rings is 1. The Morgan fingerprint density at radius 3 is 2.48 bits per heavy atom. The summed E-state index contributed by atoms with van der Waals surface area (Å²) in [6.45, 7) is 5.89. The maximum atomic E-state index is 9.49. The number of rotatable bonds is 7. The lowest BCUT2D eigenvalue weighted by molar-refractivity contribution is 0.483. The maximum absolute atomic E-state index is 9.49. The topological polar surface area (TPSA) is 71.1 Å². The van der Waals surface area contributed by atoms with Crippen LogP contribution < -0.4 is 15.8 Å². The van der Waals surface area contributed by atoms with Gasteiger partial charge >= 0.3 is 0 Å². The average Bonchev–Trinajstić information content (AvgIpc) is 2.98. The molecule has 4 nitrogen and oxygen atoms in total. The van der Waals surface area contributed by atoms with Gasteiger partial charge in [-0.3, -0.25) is 0 Å². The first-order chi connectivity index (χ1) is 13.1. The second-order valence-electron chi connectivity index (χ2n) is 6.24. The standard InChI is InChI=1S/C22H21N3OS/c1-3-15(2)13-20-21(24)19(14-23)22(27-20)25-16-9-11-18(12-10-16)26-17-7-5-4-6-8-17/h3-12,15,25H,1,13,24H2,2H3. The van der Waals surface area contributed by atoms with E-state index in [2.05, 4.69) is 24.9 Å². The SMILES string of the molecule is C=CC(C)Cc1sc(Nc2ccc(Oc3ccccc3)cc2)c(C#N)c1N. The summed E-state index contributed by atoms with van der Waals surface area (Å²) in [5.74, 6) is 1.84. The van der Waals surface area contributed by atoms with E-state index in [0.717, 1.165) is 33.5 Å². The predicted octanol–water partition coefficient (Wildman–Crippen LogP) is 6.10. The van der Waals surface area contributed by atoms with Crippen molar-refractivity contribution in [2.75, 3.05) is 11.1 Å². The van der Waals surface area contributed by atoms with Crippen LogP contribution in [0.2, 0.25) is 0 Å². The summed E-state index contributed by atoms with van der Waals surface area (Å²) in [4.78, 5) is 1.01. The van der Waals surface area contributed by atoms with Gasteiger partial charge in [0.05, 0.1) is 5.69 Å². The Morgan fingerprint density at radius 2 is 1.85 bits per heavy atom. The lowest BCUT2D eigenvalue weighted by Crippen LogP contribution is -1.97. The van der Waals surface area contributed by atoms with Crippen LogP contribution in [0.5, 0.6) is 11.5 Å². The number of nitrogens with one attached hydrogen (secondary N) is 1. The minimum absolute atomic E-state index is 0.305. The number of anilines is 3. The minimum Gasteiger partial charge on any atom is -0.457 e. The van der Waals surface area contributed by atoms with Crippen LogP contribution in [0.15, 0.2) is 67.3 Å². The average molecular weight is 375 g/mol. The summed E-state index contributed by atoms with van der Waals surface area (Å²) < 4.78 is 5.80. The monoisotopic (exact) mass is 375 g/mol. The van der Waals surface area contributed by atoms with Gasteiger partial charge in [-0.2, -0.15) is 5.26 Å². The maximum Gasteiger partial charge on any atom is 0.127 e. The normalized spacial score (nSPS) is 11.4. The molecule has 0 fully saturated rings. The number of nitrogens with two attached hydrogens (primary N) is 1. The molecule has 0 aliphatic carbocycles. The summed E-state index contributed by atoms with van der Waals surface area (Å²) in [6, 6.07) is 19.5. The van der Waals surface area contributed by atoms with E-state index in [4.69, 9.17) is 10.5 Å². The van der Waals surface area contributed by atoms with Gasteiger partial charge in [-0.15, -0.1) is 17.9 Å². The molecule has 0 spiro atoms. The summed E-state index contributed by atoms with van der Waals surface area (Å²) >= 11 is 1.52. The highest BCUT2D eigenvalue weighted by molar-refractivity contribution is 7.17. The highest BCUT2D eigenvalue weighted by atomic mass is 32.1. The van der Waals surface area contributed by atoms with Gasteiger partial charge in [-0.05, 0) is 48.7 Å².